The molecule has 2 rings (SSSR count). The lowest BCUT2D eigenvalue weighted by Gasteiger charge is -2.14. The lowest BCUT2D eigenvalue weighted by molar-refractivity contribution is -0.132. The molecule has 24 heavy (non-hydrogen) atoms. The summed E-state index contributed by atoms with van der Waals surface area (Å²) in [6.07, 6.45) is 0.774. The van der Waals surface area contributed by atoms with E-state index in [2.05, 4.69) is 10.1 Å². The summed E-state index contributed by atoms with van der Waals surface area (Å²) in [5.74, 6) is -0.118. The molecule has 1 aromatic rings. The molecule has 1 fully saturated rings. The molecule has 1 saturated heterocycles. The fourth-order valence-electron chi connectivity index (χ4n) is 2.39. The first-order valence-corrected chi connectivity index (χ1v) is 7.28. The summed E-state index contributed by atoms with van der Waals surface area (Å²) in [7, 11) is 1.36. The lowest BCUT2D eigenvalue weighted by atomic mass is 10.1. The van der Waals surface area contributed by atoms with Crippen LogP contribution in [0.4, 0.5) is 8.78 Å². The van der Waals surface area contributed by atoms with Gasteiger partial charge in [-0.1, -0.05) is 6.07 Å². The number of amides is 1. The number of halogens is 3. The van der Waals surface area contributed by atoms with Crippen LogP contribution < -0.4 is 20.5 Å². The van der Waals surface area contributed by atoms with E-state index in [9.17, 15) is 13.6 Å². The average Bonchev–Trinajstić information content (AvgIpc) is 3.01. The number of ether oxygens (including phenoxy) is 3. The third-order valence-electron chi connectivity index (χ3n) is 3.57. The molecule has 0 aromatic heterocycles. The predicted octanol–water partition coefficient (Wildman–Crippen LogP) is 1.84. The standard InChI is InChI=1S/C15H20F2N2O4.ClH/c1-21-11-4-2-9(6-13(11)23-15(16)17)8-19-14(20)12-5-3-10(7-18)22-12;/h2,4,6,10,12,15H,3,5,7-8,18H2,1H3,(H,19,20);1H/t10-,12+;/m1./s1. The molecule has 136 valence electrons. The summed E-state index contributed by atoms with van der Waals surface area (Å²) in [6.45, 7) is -2.39. The van der Waals surface area contributed by atoms with E-state index in [4.69, 9.17) is 15.2 Å². The smallest absolute Gasteiger partial charge is 0.387 e. The van der Waals surface area contributed by atoms with Gasteiger partial charge in [-0.3, -0.25) is 4.79 Å². The van der Waals surface area contributed by atoms with Crippen molar-refractivity contribution in [3.8, 4) is 11.5 Å². The second-order valence-corrected chi connectivity index (χ2v) is 5.14. The van der Waals surface area contributed by atoms with Crippen molar-refractivity contribution in [2.75, 3.05) is 13.7 Å². The number of hydrogen-bond donors (Lipinski definition) is 2. The Kier molecular flexibility index (Phi) is 8.17. The number of carbonyl (C=O) groups is 1. The maximum Gasteiger partial charge on any atom is 0.387 e. The highest BCUT2D eigenvalue weighted by Gasteiger charge is 2.29. The second-order valence-electron chi connectivity index (χ2n) is 5.14. The minimum absolute atomic E-state index is 0. The molecule has 0 radical (unpaired) electrons. The maximum atomic E-state index is 12.4. The van der Waals surface area contributed by atoms with Crippen molar-refractivity contribution in [2.24, 2.45) is 5.73 Å². The van der Waals surface area contributed by atoms with Crippen molar-refractivity contribution in [3.63, 3.8) is 0 Å². The number of benzene rings is 1. The van der Waals surface area contributed by atoms with Crippen molar-refractivity contribution >= 4 is 18.3 Å². The highest BCUT2D eigenvalue weighted by molar-refractivity contribution is 5.85. The van der Waals surface area contributed by atoms with Crippen molar-refractivity contribution < 1.29 is 27.8 Å². The van der Waals surface area contributed by atoms with Crippen molar-refractivity contribution in [1.82, 2.24) is 5.32 Å². The fraction of sp³-hybridized carbons (Fsp3) is 0.533. The Morgan fingerprint density at radius 1 is 1.42 bits per heavy atom. The third kappa shape index (κ3) is 5.47. The zero-order valence-corrected chi connectivity index (χ0v) is 14.0. The largest absolute Gasteiger partial charge is 0.493 e. The zero-order chi connectivity index (χ0) is 16.8. The van der Waals surface area contributed by atoms with Crippen LogP contribution in [0.3, 0.4) is 0 Å². The molecular formula is C15H21ClF2N2O4. The Bertz CT molecular complexity index is 548. The van der Waals surface area contributed by atoms with Gasteiger partial charge in [0, 0.05) is 13.1 Å². The van der Waals surface area contributed by atoms with Gasteiger partial charge in [0.25, 0.3) is 0 Å². The quantitative estimate of drug-likeness (QED) is 0.769. The van der Waals surface area contributed by atoms with E-state index in [1.54, 1.807) is 6.07 Å². The Balaban J connectivity index is 0.00000288. The van der Waals surface area contributed by atoms with Gasteiger partial charge in [-0.2, -0.15) is 8.78 Å². The van der Waals surface area contributed by atoms with Crippen LogP contribution in [0.25, 0.3) is 0 Å². The molecule has 1 aromatic carbocycles. The van der Waals surface area contributed by atoms with Crippen LogP contribution in [-0.2, 0) is 16.1 Å². The molecule has 0 aliphatic carbocycles. The highest BCUT2D eigenvalue weighted by atomic mass is 35.5. The van der Waals surface area contributed by atoms with E-state index in [0.29, 0.717) is 18.5 Å². The van der Waals surface area contributed by atoms with Crippen molar-refractivity contribution in [3.05, 3.63) is 23.8 Å². The van der Waals surface area contributed by atoms with E-state index in [-0.39, 0.29) is 42.5 Å². The van der Waals surface area contributed by atoms with Gasteiger partial charge in [0.15, 0.2) is 11.5 Å². The Morgan fingerprint density at radius 2 is 2.17 bits per heavy atom. The van der Waals surface area contributed by atoms with Crippen LogP contribution in [0.1, 0.15) is 18.4 Å². The van der Waals surface area contributed by atoms with Gasteiger partial charge in [0.2, 0.25) is 5.91 Å². The van der Waals surface area contributed by atoms with E-state index in [1.165, 1.54) is 19.2 Å². The topological polar surface area (TPSA) is 82.8 Å². The lowest BCUT2D eigenvalue weighted by Crippen LogP contribution is -2.35. The van der Waals surface area contributed by atoms with Crippen LogP contribution in [-0.4, -0.2) is 38.4 Å². The summed E-state index contributed by atoms with van der Waals surface area (Å²) < 4.78 is 39.6. The van der Waals surface area contributed by atoms with Crippen molar-refractivity contribution in [1.29, 1.82) is 0 Å². The summed E-state index contributed by atoms with van der Waals surface area (Å²) in [4.78, 5) is 12.0. The van der Waals surface area contributed by atoms with Crippen LogP contribution >= 0.6 is 12.4 Å². The molecule has 3 N–H and O–H groups in total. The van der Waals surface area contributed by atoms with Gasteiger partial charge in [-0.05, 0) is 30.5 Å². The van der Waals surface area contributed by atoms with Gasteiger partial charge >= 0.3 is 6.61 Å². The SMILES string of the molecule is COc1ccc(CNC(=O)[C@@H]2CC[C@H](CN)O2)cc1OC(F)F.Cl. The van der Waals surface area contributed by atoms with Crippen LogP contribution in [0.5, 0.6) is 11.5 Å². The number of rotatable bonds is 7. The van der Waals surface area contributed by atoms with Crippen molar-refractivity contribution in [2.45, 2.75) is 38.2 Å². The summed E-state index contributed by atoms with van der Waals surface area (Å²) in [6, 6.07) is 4.58. The van der Waals surface area contributed by atoms with Gasteiger partial charge in [0.05, 0.1) is 13.2 Å². The van der Waals surface area contributed by atoms with Crippen LogP contribution in [0.15, 0.2) is 18.2 Å². The summed E-state index contributed by atoms with van der Waals surface area (Å²) >= 11 is 0. The molecule has 1 aliphatic rings. The molecule has 9 heteroatoms. The van der Waals surface area contributed by atoms with Gasteiger partial charge in [-0.25, -0.2) is 0 Å². The summed E-state index contributed by atoms with van der Waals surface area (Å²) in [5.41, 5.74) is 6.12. The number of carbonyl (C=O) groups excluding carboxylic acids is 1. The minimum Gasteiger partial charge on any atom is -0.493 e. The predicted molar refractivity (Wildman–Crippen MR) is 85.7 cm³/mol. The number of nitrogens with one attached hydrogen (secondary N) is 1. The molecule has 2 atom stereocenters. The first kappa shape index (κ1) is 20.4. The number of nitrogens with two attached hydrogens (primary N) is 1. The van der Waals surface area contributed by atoms with Gasteiger partial charge in [-0.15, -0.1) is 12.4 Å². The summed E-state index contributed by atoms with van der Waals surface area (Å²) in [5, 5.41) is 2.71. The Labute approximate surface area is 145 Å². The molecule has 0 unspecified atom stereocenters. The molecule has 1 amide bonds. The molecule has 0 bridgehead atoms. The zero-order valence-electron chi connectivity index (χ0n) is 13.2. The van der Waals surface area contributed by atoms with Gasteiger partial charge in [0.1, 0.15) is 6.10 Å². The second kappa shape index (κ2) is 9.61. The Hall–Kier alpha value is -1.64. The molecule has 1 heterocycles. The molecule has 1 aliphatic heterocycles. The first-order valence-electron chi connectivity index (χ1n) is 7.28. The van der Waals surface area contributed by atoms with Crippen LogP contribution in [0, 0.1) is 0 Å². The number of alkyl halides is 2. The van der Waals surface area contributed by atoms with E-state index in [0.717, 1.165) is 6.42 Å². The average molecular weight is 367 g/mol. The minimum atomic E-state index is -2.95. The van der Waals surface area contributed by atoms with Crippen LogP contribution in [0.2, 0.25) is 0 Å². The Morgan fingerprint density at radius 3 is 2.75 bits per heavy atom. The maximum absolute atomic E-state index is 12.4. The van der Waals surface area contributed by atoms with Gasteiger partial charge < -0.3 is 25.3 Å². The molecule has 0 saturated carbocycles. The number of hydrogen-bond acceptors (Lipinski definition) is 5. The normalized spacial score (nSPS) is 19.7. The molecule has 0 spiro atoms. The third-order valence-corrected chi connectivity index (χ3v) is 3.57. The fourth-order valence-corrected chi connectivity index (χ4v) is 2.39. The monoisotopic (exact) mass is 366 g/mol. The van der Waals surface area contributed by atoms with E-state index in [1.807, 2.05) is 0 Å². The van der Waals surface area contributed by atoms with E-state index < -0.39 is 12.7 Å². The number of methoxy groups -OCH3 is 1. The molecule has 6 nitrogen and oxygen atoms in total. The van der Waals surface area contributed by atoms with E-state index >= 15 is 0 Å². The highest BCUT2D eigenvalue weighted by Crippen LogP contribution is 2.29. The first-order chi connectivity index (χ1) is 11.0. The molecular weight excluding hydrogens is 346 g/mol.